The van der Waals surface area contributed by atoms with E-state index in [2.05, 4.69) is 10.6 Å². The number of hydrogen-bond acceptors (Lipinski definition) is 4. The Morgan fingerprint density at radius 3 is 1.33 bits per heavy atom. The van der Waals surface area contributed by atoms with Crippen molar-refractivity contribution in [1.82, 2.24) is 10.6 Å². The second-order valence-corrected chi connectivity index (χ2v) is 6.64. The van der Waals surface area contributed by atoms with Crippen LogP contribution in [0.5, 0.6) is 0 Å². The lowest BCUT2D eigenvalue weighted by atomic mass is 9.89. The Labute approximate surface area is 127 Å². The number of carbonyl (C=O) groups is 2. The van der Waals surface area contributed by atoms with E-state index in [0.29, 0.717) is 0 Å². The number of rotatable bonds is 8. The maximum absolute atomic E-state index is 12.3. The fourth-order valence-electron chi connectivity index (χ4n) is 1.65. The molecule has 0 rings (SSSR count). The first-order chi connectivity index (χ1) is 9.57. The highest BCUT2D eigenvalue weighted by Gasteiger charge is 2.38. The maximum atomic E-state index is 12.3. The molecule has 0 fully saturated rings. The molecular formula is C15H30N2O4. The Morgan fingerprint density at radius 1 is 0.857 bits per heavy atom. The summed E-state index contributed by atoms with van der Waals surface area (Å²) in [6.07, 6.45) is 0. The molecule has 0 aliphatic rings. The number of aliphatic hydroxyl groups excluding tert-OH is 2. The quantitative estimate of drug-likeness (QED) is 0.484. The highest BCUT2D eigenvalue weighted by atomic mass is 16.3. The number of nitrogens with one attached hydrogen (secondary N) is 2. The van der Waals surface area contributed by atoms with Crippen LogP contribution >= 0.6 is 0 Å². The molecule has 21 heavy (non-hydrogen) atoms. The summed E-state index contributed by atoms with van der Waals surface area (Å²) in [6, 6.07) is -0.772. The van der Waals surface area contributed by atoms with Crippen molar-refractivity contribution in [1.29, 1.82) is 0 Å². The molecule has 6 heteroatoms. The summed E-state index contributed by atoms with van der Waals surface area (Å²) in [5, 5.41) is 23.9. The van der Waals surface area contributed by atoms with Crippen molar-refractivity contribution >= 4 is 11.8 Å². The first-order valence-corrected chi connectivity index (χ1v) is 7.41. The molecule has 0 spiro atoms. The summed E-state index contributed by atoms with van der Waals surface area (Å²) in [4.78, 5) is 24.5. The molecule has 0 aromatic rings. The molecule has 6 nitrogen and oxygen atoms in total. The van der Waals surface area contributed by atoms with Gasteiger partial charge in [-0.2, -0.15) is 0 Å². The third kappa shape index (κ3) is 5.63. The molecule has 0 bridgehead atoms. The van der Waals surface area contributed by atoms with E-state index in [-0.39, 0.29) is 37.1 Å². The molecule has 2 atom stereocenters. The predicted octanol–water partition coefficient (Wildman–Crippen LogP) is 0.279. The van der Waals surface area contributed by atoms with Crippen LogP contribution in [0.1, 0.15) is 41.5 Å². The van der Waals surface area contributed by atoms with Gasteiger partial charge in [0.2, 0.25) is 11.8 Å². The monoisotopic (exact) mass is 302 g/mol. The van der Waals surface area contributed by atoms with E-state index in [1.807, 2.05) is 27.7 Å². The summed E-state index contributed by atoms with van der Waals surface area (Å²) in [5.41, 5.74) is -1.27. The normalized spacial score (nSPS) is 15.0. The molecule has 0 unspecified atom stereocenters. The molecular weight excluding hydrogens is 272 g/mol. The summed E-state index contributed by atoms with van der Waals surface area (Å²) in [6.45, 7) is 10.2. The SMILES string of the molecule is CC(C)[C@@H](CO)NC(=O)C(C)(C)C(=O)N[C@H](CO)C(C)C. The van der Waals surface area contributed by atoms with Crippen LogP contribution < -0.4 is 10.6 Å². The van der Waals surface area contributed by atoms with Crippen LogP contribution in [0.15, 0.2) is 0 Å². The zero-order chi connectivity index (χ0) is 16.8. The highest BCUT2D eigenvalue weighted by molar-refractivity contribution is 6.04. The minimum absolute atomic E-state index is 0.0682. The van der Waals surface area contributed by atoms with Gasteiger partial charge in [-0.15, -0.1) is 0 Å². The zero-order valence-electron chi connectivity index (χ0n) is 13.9. The molecule has 0 aliphatic carbocycles. The van der Waals surface area contributed by atoms with Gasteiger partial charge in [-0.3, -0.25) is 9.59 Å². The van der Waals surface area contributed by atoms with Crippen LogP contribution in [0.2, 0.25) is 0 Å². The fourth-order valence-corrected chi connectivity index (χ4v) is 1.65. The van der Waals surface area contributed by atoms with Crippen molar-refractivity contribution in [3.05, 3.63) is 0 Å². The molecule has 0 aromatic heterocycles. The average molecular weight is 302 g/mol. The molecule has 0 heterocycles. The van der Waals surface area contributed by atoms with Gasteiger partial charge in [0, 0.05) is 0 Å². The van der Waals surface area contributed by atoms with E-state index in [0.717, 1.165) is 0 Å². The maximum Gasteiger partial charge on any atom is 0.235 e. The van der Waals surface area contributed by atoms with Crippen LogP contribution in [-0.2, 0) is 9.59 Å². The number of amides is 2. The number of hydrogen-bond donors (Lipinski definition) is 4. The van der Waals surface area contributed by atoms with E-state index in [1.165, 1.54) is 13.8 Å². The van der Waals surface area contributed by atoms with Gasteiger partial charge in [-0.1, -0.05) is 27.7 Å². The van der Waals surface area contributed by atoms with Crippen molar-refractivity contribution in [3.63, 3.8) is 0 Å². The Kier molecular flexibility index (Phi) is 7.89. The van der Waals surface area contributed by atoms with Gasteiger partial charge in [-0.05, 0) is 25.7 Å². The minimum Gasteiger partial charge on any atom is -0.394 e. The van der Waals surface area contributed by atoms with E-state index in [1.54, 1.807) is 0 Å². The van der Waals surface area contributed by atoms with Crippen molar-refractivity contribution in [2.45, 2.75) is 53.6 Å². The second-order valence-electron chi connectivity index (χ2n) is 6.64. The van der Waals surface area contributed by atoms with Gasteiger partial charge in [-0.25, -0.2) is 0 Å². The summed E-state index contributed by atoms with van der Waals surface area (Å²) in [7, 11) is 0. The number of carbonyl (C=O) groups excluding carboxylic acids is 2. The van der Waals surface area contributed by atoms with Crippen LogP contribution in [0, 0.1) is 17.3 Å². The van der Waals surface area contributed by atoms with E-state index >= 15 is 0 Å². The van der Waals surface area contributed by atoms with Gasteiger partial charge in [0.15, 0.2) is 0 Å². The third-order valence-electron chi connectivity index (χ3n) is 3.77. The average Bonchev–Trinajstić information content (AvgIpc) is 2.40. The van der Waals surface area contributed by atoms with Gasteiger partial charge in [0.1, 0.15) is 5.41 Å². The second kappa shape index (κ2) is 8.34. The Balaban J connectivity index is 4.85. The first-order valence-electron chi connectivity index (χ1n) is 7.41. The lowest BCUT2D eigenvalue weighted by molar-refractivity contribution is -0.143. The smallest absolute Gasteiger partial charge is 0.235 e. The van der Waals surface area contributed by atoms with Gasteiger partial charge >= 0.3 is 0 Å². The van der Waals surface area contributed by atoms with Crippen molar-refractivity contribution in [3.8, 4) is 0 Å². The van der Waals surface area contributed by atoms with Crippen molar-refractivity contribution in [2.75, 3.05) is 13.2 Å². The summed E-state index contributed by atoms with van der Waals surface area (Å²) in [5.74, 6) is -0.737. The standard InChI is InChI=1S/C15H30N2O4/c1-9(2)11(7-18)16-13(20)15(5,6)14(21)17-12(8-19)10(3)4/h9-12,18-19H,7-8H2,1-6H3,(H,16,20)(H,17,21)/t11-,12-/m1/s1. The number of aliphatic hydroxyl groups is 2. The van der Waals surface area contributed by atoms with Crippen LogP contribution in [0.25, 0.3) is 0 Å². The lowest BCUT2D eigenvalue weighted by Gasteiger charge is -2.30. The van der Waals surface area contributed by atoms with Crippen LogP contribution in [0.4, 0.5) is 0 Å². The zero-order valence-corrected chi connectivity index (χ0v) is 13.9. The third-order valence-corrected chi connectivity index (χ3v) is 3.77. The molecule has 2 amide bonds. The lowest BCUT2D eigenvalue weighted by Crippen LogP contribution is -2.55. The Hall–Kier alpha value is -1.14. The predicted molar refractivity (Wildman–Crippen MR) is 81.5 cm³/mol. The summed E-state index contributed by atoms with van der Waals surface area (Å²) < 4.78 is 0. The van der Waals surface area contributed by atoms with E-state index in [4.69, 9.17) is 0 Å². The largest absolute Gasteiger partial charge is 0.394 e. The molecule has 0 saturated heterocycles. The highest BCUT2D eigenvalue weighted by Crippen LogP contribution is 2.18. The van der Waals surface area contributed by atoms with Crippen LogP contribution in [0.3, 0.4) is 0 Å². The molecule has 4 N–H and O–H groups in total. The van der Waals surface area contributed by atoms with Crippen LogP contribution in [-0.4, -0.2) is 47.3 Å². The van der Waals surface area contributed by atoms with Gasteiger partial charge in [0.05, 0.1) is 25.3 Å². The molecule has 0 saturated carbocycles. The molecule has 0 aromatic carbocycles. The Morgan fingerprint density at radius 2 is 1.14 bits per heavy atom. The van der Waals surface area contributed by atoms with E-state index in [9.17, 15) is 19.8 Å². The molecule has 124 valence electrons. The van der Waals surface area contributed by atoms with E-state index < -0.39 is 17.2 Å². The fraction of sp³-hybridized carbons (Fsp3) is 0.867. The summed E-state index contributed by atoms with van der Waals surface area (Å²) >= 11 is 0. The molecule has 0 aliphatic heterocycles. The van der Waals surface area contributed by atoms with Gasteiger partial charge in [0.25, 0.3) is 0 Å². The molecule has 0 radical (unpaired) electrons. The van der Waals surface area contributed by atoms with Crippen molar-refractivity contribution in [2.24, 2.45) is 17.3 Å². The topological polar surface area (TPSA) is 98.7 Å². The minimum atomic E-state index is -1.27. The first kappa shape index (κ1) is 19.9. The van der Waals surface area contributed by atoms with Crippen molar-refractivity contribution < 1.29 is 19.8 Å². The van der Waals surface area contributed by atoms with Gasteiger partial charge < -0.3 is 20.8 Å². The Bertz CT molecular complexity index is 322.